The summed E-state index contributed by atoms with van der Waals surface area (Å²) in [5, 5.41) is 14.6. The molecule has 27 heavy (non-hydrogen) atoms. The number of aromatic nitrogens is 1. The molecule has 3 rings (SSSR count). The van der Waals surface area contributed by atoms with Gasteiger partial charge in [-0.1, -0.05) is 18.2 Å². The standard InChI is InChI=1S/C19H18N4O4/c24-10-9-23-17(25)11-16(19(23)27)22-15-7-2-1-6-14(15)18(26)21-12-13-5-3-4-8-20-13/h1-8,11,22,24H,9-10,12H2,(H,21,26). The number of carbonyl (C=O) groups excluding carboxylic acids is 3. The Morgan fingerprint density at radius 2 is 1.89 bits per heavy atom. The number of nitrogens with zero attached hydrogens (tertiary/aromatic N) is 2. The largest absolute Gasteiger partial charge is 0.395 e. The molecule has 1 aromatic carbocycles. The van der Waals surface area contributed by atoms with Crippen molar-refractivity contribution in [1.82, 2.24) is 15.2 Å². The first-order valence-corrected chi connectivity index (χ1v) is 8.32. The van der Waals surface area contributed by atoms with Crippen molar-refractivity contribution in [2.45, 2.75) is 6.54 Å². The summed E-state index contributed by atoms with van der Waals surface area (Å²) in [6.07, 6.45) is 2.80. The lowest BCUT2D eigenvalue weighted by Gasteiger charge is -2.15. The maximum atomic E-state index is 12.5. The number of aliphatic hydroxyl groups is 1. The minimum Gasteiger partial charge on any atom is -0.395 e. The molecule has 1 aromatic heterocycles. The number of aliphatic hydroxyl groups excluding tert-OH is 1. The molecule has 0 unspecified atom stereocenters. The van der Waals surface area contributed by atoms with Gasteiger partial charge in [-0.15, -0.1) is 0 Å². The molecule has 0 aliphatic carbocycles. The van der Waals surface area contributed by atoms with E-state index >= 15 is 0 Å². The van der Waals surface area contributed by atoms with E-state index in [1.165, 1.54) is 0 Å². The minimum atomic E-state index is -0.544. The van der Waals surface area contributed by atoms with Crippen molar-refractivity contribution < 1.29 is 19.5 Å². The molecule has 0 radical (unpaired) electrons. The molecular weight excluding hydrogens is 348 g/mol. The average molecular weight is 366 g/mol. The van der Waals surface area contributed by atoms with E-state index in [0.717, 1.165) is 16.7 Å². The van der Waals surface area contributed by atoms with E-state index in [2.05, 4.69) is 15.6 Å². The fourth-order valence-electron chi connectivity index (χ4n) is 2.61. The average Bonchev–Trinajstić information content (AvgIpc) is 2.95. The molecule has 0 bridgehead atoms. The highest BCUT2D eigenvalue weighted by Gasteiger charge is 2.31. The van der Waals surface area contributed by atoms with Crippen LogP contribution in [0.5, 0.6) is 0 Å². The van der Waals surface area contributed by atoms with Gasteiger partial charge in [-0.05, 0) is 24.3 Å². The van der Waals surface area contributed by atoms with Crippen molar-refractivity contribution in [3.05, 3.63) is 71.7 Å². The molecular formula is C19H18N4O4. The van der Waals surface area contributed by atoms with E-state index in [1.54, 1.807) is 42.6 Å². The molecule has 2 heterocycles. The Kier molecular flexibility index (Phi) is 5.58. The Labute approximate surface area is 155 Å². The van der Waals surface area contributed by atoms with E-state index in [4.69, 9.17) is 5.11 Å². The Morgan fingerprint density at radius 3 is 2.63 bits per heavy atom. The highest BCUT2D eigenvalue weighted by molar-refractivity contribution is 6.17. The van der Waals surface area contributed by atoms with Crippen LogP contribution in [0.15, 0.2) is 60.4 Å². The molecule has 0 saturated carbocycles. The SMILES string of the molecule is O=C(NCc1ccccn1)c1ccccc1NC1=CC(=O)N(CCO)C1=O. The van der Waals surface area contributed by atoms with Crippen molar-refractivity contribution >= 4 is 23.4 Å². The quantitative estimate of drug-likeness (QED) is 0.621. The van der Waals surface area contributed by atoms with E-state index in [9.17, 15) is 14.4 Å². The van der Waals surface area contributed by atoms with Crippen LogP contribution in [0.3, 0.4) is 0 Å². The van der Waals surface area contributed by atoms with Gasteiger partial charge in [-0.25, -0.2) is 0 Å². The third kappa shape index (κ3) is 4.18. The molecule has 0 saturated heterocycles. The number of hydrogen-bond acceptors (Lipinski definition) is 6. The highest BCUT2D eigenvalue weighted by atomic mass is 16.3. The Balaban J connectivity index is 1.73. The Bertz CT molecular complexity index is 896. The lowest BCUT2D eigenvalue weighted by Crippen LogP contribution is -2.34. The number of hydrogen-bond donors (Lipinski definition) is 3. The van der Waals surface area contributed by atoms with Crippen molar-refractivity contribution in [2.24, 2.45) is 0 Å². The predicted molar refractivity (Wildman–Crippen MR) is 97.4 cm³/mol. The summed E-state index contributed by atoms with van der Waals surface area (Å²) < 4.78 is 0. The van der Waals surface area contributed by atoms with Gasteiger partial charge in [0, 0.05) is 12.3 Å². The number of para-hydroxylation sites is 1. The van der Waals surface area contributed by atoms with Crippen LogP contribution in [-0.4, -0.2) is 45.9 Å². The van der Waals surface area contributed by atoms with Gasteiger partial charge in [0.05, 0.1) is 36.6 Å². The summed E-state index contributed by atoms with van der Waals surface area (Å²) >= 11 is 0. The summed E-state index contributed by atoms with van der Waals surface area (Å²) in [6, 6.07) is 12.1. The summed E-state index contributed by atoms with van der Waals surface area (Å²) in [4.78, 5) is 41.7. The normalized spacial score (nSPS) is 13.5. The molecule has 138 valence electrons. The zero-order valence-electron chi connectivity index (χ0n) is 14.4. The molecule has 0 fully saturated rings. The number of pyridine rings is 1. The molecule has 1 aliphatic rings. The van der Waals surface area contributed by atoms with Crippen molar-refractivity contribution in [1.29, 1.82) is 0 Å². The molecule has 0 spiro atoms. The summed E-state index contributed by atoms with van der Waals surface area (Å²) in [5.41, 5.74) is 1.50. The number of carbonyl (C=O) groups is 3. The second-order valence-corrected chi connectivity index (χ2v) is 5.75. The molecule has 2 aromatic rings. The monoisotopic (exact) mass is 366 g/mol. The first kappa shape index (κ1) is 18.3. The van der Waals surface area contributed by atoms with Gasteiger partial charge < -0.3 is 15.7 Å². The molecule has 3 N–H and O–H groups in total. The third-order valence-electron chi connectivity index (χ3n) is 3.93. The zero-order chi connectivity index (χ0) is 19.2. The zero-order valence-corrected chi connectivity index (χ0v) is 14.4. The third-order valence-corrected chi connectivity index (χ3v) is 3.93. The first-order valence-electron chi connectivity index (χ1n) is 8.32. The molecule has 8 nitrogen and oxygen atoms in total. The van der Waals surface area contributed by atoms with Crippen LogP contribution in [0.25, 0.3) is 0 Å². The number of β-amino-alcohol motifs (C(OH)–C–C–N with tert-alkyl or cyclic N) is 1. The number of anilines is 1. The van der Waals surface area contributed by atoms with Crippen LogP contribution in [-0.2, 0) is 16.1 Å². The maximum Gasteiger partial charge on any atom is 0.277 e. The topological polar surface area (TPSA) is 112 Å². The fraction of sp³-hybridized carbons (Fsp3) is 0.158. The van der Waals surface area contributed by atoms with Crippen LogP contribution in [0.2, 0.25) is 0 Å². The van der Waals surface area contributed by atoms with Crippen LogP contribution in [0, 0.1) is 0 Å². The molecule has 1 aliphatic heterocycles. The number of rotatable bonds is 7. The van der Waals surface area contributed by atoms with Crippen LogP contribution < -0.4 is 10.6 Å². The van der Waals surface area contributed by atoms with Gasteiger partial charge in [0.25, 0.3) is 17.7 Å². The van der Waals surface area contributed by atoms with E-state index in [1.807, 2.05) is 6.07 Å². The number of amides is 3. The molecule has 0 atom stereocenters. The second-order valence-electron chi connectivity index (χ2n) is 5.75. The lowest BCUT2D eigenvalue weighted by atomic mass is 10.1. The summed E-state index contributed by atoms with van der Waals surface area (Å²) in [5.74, 6) is -1.39. The number of imide groups is 1. The maximum absolute atomic E-state index is 12.5. The Hall–Kier alpha value is -3.52. The van der Waals surface area contributed by atoms with Crippen LogP contribution >= 0.6 is 0 Å². The Morgan fingerprint density at radius 1 is 1.11 bits per heavy atom. The van der Waals surface area contributed by atoms with Gasteiger partial charge >= 0.3 is 0 Å². The second kappa shape index (κ2) is 8.24. The van der Waals surface area contributed by atoms with Crippen molar-refractivity contribution in [3.63, 3.8) is 0 Å². The van der Waals surface area contributed by atoms with E-state index in [-0.39, 0.29) is 31.3 Å². The van der Waals surface area contributed by atoms with E-state index < -0.39 is 11.8 Å². The molecule has 3 amide bonds. The first-order chi connectivity index (χ1) is 13.1. The summed E-state index contributed by atoms with van der Waals surface area (Å²) in [7, 11) is 0. The van der Waals surface area contributed by atoms with E-state index in [0.29, 0.717) is 11.3 Å². The van der Waals surface area contributed by atoms with Gasteiger partial charge in [-0.2, -0.15) is 0 Å². The number of benzene rings is 1. The smallest absolute Gasteiger partial charge is 0.277 e. The van der Waals surface area contributed by atoms with Gasteiger partial charge in [0.1, 0.15) is 5.70 Å². The van der Waals surface area contributed by atoms with Crippen LogP contribution in [0.4, 0.5) is 5.69 Å². The van der Waals surface area contributed by atoms with Gasteiger partial charge in [0.2, 0.25) is 0 Å². The van der Waals surface area contributed by atoms with Gasteiger partial charge in [-0.3, -0.25) is 24.3 Å². The van der Waals surface area contributed by atoms with Crippen molar-refractivity contribution in [2.75, 3.05) is 18.5 Å². The fourth-order valence-corrected chi connectivity index (χ4v) is 2.61. The number of nitrogens with one attached hydrogen (secondary N) is 2. The molecule has 8 heteroatoms. The minimum absolute atomic E-state index is 0.0541. The van der Waals surface area contributed by atoms with Crippen LogP contribution in [0.1, 0.15) is 16.1 Å². The summed E-state index contributed by atoms with van der Waals surface area (Å²) in [6.45, 7) is -0.130. The predicted octanol–water partition coefficient (Wildman–Crippen LogP) is 0.668. The highest BCUT2D eigenvalue weighted by Crippen LogP contribution is 2.21. The van der Waals surface area contributed by atoms with Crippen molar-refractivity contribution in [3.8, 4) is 0 Å². The lowest BCUT2D eigenvalue weighted by molar-refractivity contribution is -0.137. The van der Waals surface area contributed by atoms with Gasteiger partial charge in [0.15, 0.2) is 0 Å².